The van der Waals surface area contributed by atoms with Gasteiger partial charge in [0.25, 0.3) is 0 Å². The van der Waals surface area contributed by atoms with Crippen molar-refractivity contribution in [2.24, 2.45) is 5.10 Å². The molecule has 4 rings (SSSR count). The molecule has 0 bridgehead atoms. The van der Waals surface area contributed by atoms with Crippen LogP contribution in [-0.4, -0.2) is 28.3 Å². The largest absolute Gasteiger partial charge is 0.496 e. The SMILES string of the molecule is COc1ccccc1/C=N\Nc1ncnc2c1[nH]c1ccccc12. The highest BCUT2D eigenvalue weighted by Gasteiger charge is 2.09. The molecule has 4 aromatic rings. The number of rotatable bonds is 4. The number of nitrogens with zero attached hydrogens (tertiary/aromatic N) is 3. The minimum atomic E-state index is 0.627. The van der Waals surface area contributed by atoms with Crippen LogP contribution in [0.5, 0.6) is 5.75 Å². The maximum atomic E-state index is 5.31. The van der Waals surface area contributed by atoms with Gasteiger partial charge in [-0.3, -0.25) is 5.43 Å². The molecule has 2 aromatic carbocycles. The van der Waals surface area contributed by atoms with Gasteiger partial charge in [0.1, 0.15) is 23.1 Å². The lowest BCUT2D eigenvalue weighted by Gasteiger charge is -2.03. The molecule has 0 radical (unpaired) electrons. The molecule has 0 aliphatic heterocycles. The highest BCUT2D eigenvalue weighted by Crippen LogP contribution is 2.26. The summed E-state index contributed by atoms with van der Waals surface area (Å²) in [7, 11) is 1.64. The third kappa shape index (κ3) is 2.44. The summed E-state index contributed by atoms with van der Waals surface area (Å²) in [6.07, 6.45) is 3.24. The Morgan fingerprint density at radius 1 is 1.08 bits per heavy atom. The van der Waals surface area contributed by atoms with Crippen LogP contribution in [0.15, 0.2) is 60.0 Å². The first-order valence-electron chi connectivity index (χ1n) is 7.50. The van der Waals surface area contributed by atoms with Gasteiger partial charge in [0, 0.05) is 16.5 Å². The van der Waals surface area contributed by atoms with Crippen molar-refractivity contribution in [2.45, 2.75) is 0 Å². The van der Waals surface area contributed by atoms with E-state index in [4.69, 9.17) is 4.74 Å². The summed E-state index contributed by atoms with van der Waals surface area (Å²) < 4.78 is 5.31. The van der Waals surface area contributed by atoms with Gasteiger partial charge in [-0.1, -0.05) is 30.3 Å². The summed E-state index contributed by atoms with van der Waals surface area (Å²) in [6.45, 7) is 0. The topological polar surface area (TPSA) is 75.2 Å². The Hall–Kier alpha value is -3.41. The van der Waals surface area contributed by atoms with Crippen LogP contribution in [0.4, 0.5) is 5.82 Å². The molecule has 118 valence electrons. The summed E-state index contributed by atoms with van der Waals surface area (Å²) >= 11 is 0. The monoisotopic (exact) mass is 317 g/mol. The second kappa shape index (κ2) is 6.00. The fourth-order valence-electron chi connectivity index (χ4n) is 2.66. The zero-order valence-electron chi connectivity index (χ0n) is 13.0. The highest BCUT2D eigenvalue weighted by atomic mass is 16.5. The molecule has 0 saturated carbocycles. The number of hydrogen-bond donors (Lipinski definition) is 2. The molecule has 2 N–H and O–H groups in total. The number of H-pyrrole nitrogens is 1. The van der Waals surface area contributed by atoms with Gasteiger partial charge >= 0.3 is 0 Å². The molecule has 0 fully saturated rings. The maximum absolute atomic E-state index is 5.31. The molecular formula is C18H15N5O. The van der Waals surface area contributed by atoms with Crippen LogP contribution in [-0.2, 0) is 0 Å². The van der Waals surface area contributed by atoms with Crippen LogP contribution in [0.25, 0.3) is 21.9 Å². The Balaban J connectivity index is 1.69. The van der Waals surface area contributed by atoms with Crippen molar-refractivity contribution in [1.82, 2.24) is 15.0 Å². The predicted molar refractivity (Wildman–Crippen MR) is 95.6 cm³/mol. The molecule has 0 spiro atoms. The van der Waals surface area contributed by atoms with Gasteiger partial charge in [-0.05, 0) is 18.2 Å². The quantitative estimate of drug-likeness (QED) is 0.446. The number of para-hydroxylation sites is 2. The standard InChI is InChI=1S/C18H15N5O/c1-24-15-9-5-2-6-12(15)10-21-23-18-17-16(19-11-20-18)13-7-3-4-8-14(13)22-17/h2-11,22H,1H3,(H,19,20,23)/b21-10-. The molecule has 6 nitrogen and oxygen atoms in total. The molecule has 6 heteroatoms. The van der Waals surface area contributed by atoms with Crippen molar-refractivity contribution in [3.05, 3.63) is 60.4 Å². The zero-order valence-corrected chi connectivity index (χ0v) is 13.0. The molecule has 2 aromatic heterocycles. The zero-order chi connectivity index (χ0) is 16.4. The normalized spacial score (nSPS) is 11.4. The molecular weight excluding hydrogens is 302 g/mol. The first-order valence-corrected chi connectivity index (χ1v) is 7.50. The number of fused-ring (bicyclic) bond motifs is 3. The number of hydrazone groups is 1. The Bertz CT molecular complexity index is 1040. The van der Waals surface area contributed by atoms with Crippen LogP contribution in [0, 0.1) is 0 Å². The molecule has 0 aliphatic rings. The molecule has 0 unspecified atom stereocenters. The van der Waals surface area contributed by atoms with Gasteiger partial charge in [0.2, 0.25) is 0 Å². The van der Waals surface area contributed by atoms with E-state index >= 15 is 0 Å². The van der Waals surface area contributed by atoms with Crippen molar-refractivity contribution in [1.29, 1.82) is 0 Å². The average molecular weight is 317 g/mol. The van der Waals surface area contributed by atoms with E-state index in [1.807, 2.05) is 48.5 Å². The fraction of sp³-hybridized carbons (Fsp3) is 0.0556. The maximum Gasteiger partial charge on any atom is 0.174 e. The van der Waals surface area contributed by atoms with Crippen molar-refractivity contribution < 1.29 is 4.74 Å². The van der Waals surface area contributed by atoms with Crippen LogP contribution in [0.3, 0.4) is 0 Å². The number of benzene rings is 2. The van der Waals surface area contributed by atoms with Gasteiger partial charge in [-0.25, -0.2) is 9.97 Å². The van der Waals surface area contributed by atoms with E-state index in [1.54, 1.807) is 13.3 Å². The summed E-state index contributed by atoms with van der Waals surface area (Å²) in [6, 6.07) is 15.7. The third-order valence-electron chi connectivity index (χ3n) is 3.80. The van der Waals surface area contributed by atoms with Crippen molar-refractivity contribution in [2.75, 3.05) is 12.5 Å². The van der Waals surface area contributed by atoms with Crippen LogP contribution >= 0.6 is 0 Å². The van der Waals surface area contributed by atoms with Gasteiger partial charge < -0.3 is 9.72 Å². The first-order chi connectivity index (χ1) is 11.9. The number of anilines is 1. The Morgan fingerprint density at radius 2 is 1.92 bits per heavy atom. The highest BCUT2D eigenvalue weighted by molar-refractivity contribution is 6.07. The summed E-state index contributed by atoms with van der Waals surface area (Å²) in [5.74, 6) is 1.39. The number of ether oxygens (including phenoxy) is 1. The number of aromatic nitrogens is 3. The van der Waals surface area contributed by atoms with Crippen molar-refractivity contribution >= 4 is 34.0 Å². The fourth-order valence-corrected chi connectivity index (χ4v) is 2.66. The Kier molecular flexibility index (Phi) is 3.55. The van der Waals surface area contributed by atoms with Gasteiger partial charge in [0.05, 0.1) is 13.3 Å². The van der Waals surface area contributed by atoms with E-state index in [2.05, 4.69) is 25.5 Å². The summed E-state index contributed by atoms with van der Waals surface area (Å²) in [5.41, 5.74) is 6.58. The van der Waals surface area contributed by atoms with Gasteiger partial charge in [-0.15, -0.1) is 0 Å². The van der Waals surface area contributed by atoms with Crippen molar-refractivity contribution in [3.8, 4) is 5.75 Å². The molecule has 0 amide bonds. The lowest BCUT2D eigenvalue weighted by atomic mass is 10.2. The third-order valence-corrected chi connectivity index (χ3v) is 3.80. The van der Waals surface area contributed by atoms with E-state index in [-0.39, 0.29) is 0 Å². The predicted octanol–water partition coefficient (Wildman–Crippen LogP) is 3.57. The van der Waals surface area contributed by atoms with Crippen LogP contribution in [0.2, 0.25) is 0 Å². The molecule has 0 atom stereocenters. The number of methoxy groups -OCH3 is 1. The van der Waals surface area contributed by atoms with E-state index in [1.165, 1.54) is 6.33 Å². The second-order valence-corrected chi connectivity index (χ2v) is 5.23. The Labute approximate surface area is 138 Å². The second-order valence-electron chi connectivity index (χ2n) is 5.23. The van der Waals surface area contributed by atoms with E-state index in [9.17, 15) is 0 Å². The summed E-state index contributed by atoms with van der Waals surface area (Å²) in [5, 5.41) is 5.34. The van der Waals surface area contributed by atoms with Crippen molar-refractivity contribution in [3.63, 3.8) is 0 Å². The lowest BCUT2D eigenvalue weighted by molar-refractivity contribution is 0.414. The van der Waals surface area contributed by atoms with E-state index < -0.39 is 0 Å². The first kappa shape index (κ1) is 14.2. The van der Waals surface area contributed by atoms with Gasteiger partial charge in [-0.2, -0.15) is 5.10 Å². The molecule has 0 saturated heterocycles. The number of aromatic amines is 1. The lowest BCUT2D eigenvalue weighted by Crippen LogP contribution is -1.96. The molecule has 24 heavy (non-hydrogen) atoms. The number of nitrogens with one attached hydrogen (secondary N) is 2. The smallest absolute Gasteiger partial charge is 0.174 e. The van der Waals surface area contributed by atoms with Crippen LogP contribution in [0.1, 0.15) is 5.56 Å². The van der Waals surface area contributed by atoms with Crippen LogP contribution < -0.4 is 10.2 Å². The Morgan fingerprint density at radius 3 is 2.83 bits per heavy atom. The molecule has 2 heterocycles. The summed E-state index contributed by atoms with van der Waals surface area (Å²) in [4.78, 5) is 12.0. The molecule has 0 aliphatic carbocycles. The van der Waals surface area contributed by atoms with E-state index in [0.717, 1.165) is 33.2 Å². The minimum absolute atomic E-state index is 0.627. The minimum Gasteiger partial charge on any atom is -0.496 e. The number of hydrogen-bond acceptors (Lipinski definition) is 5. The average Bonchev–Trinajstić information content (AvgIpc) is 3.02. The van der Waals surface area contributed by atoms with Gasteiger partial charge in [0.15, 0.2) is 5.82 Å². The van der Waals surface area contributed by atoms with E-state index in [0.29, 0.717) is 5.82 Å².